The van der Waals surface area contributed by atoms with Crippen molar-refractivity contribution >= 4 is 0 Å². The van der Waals surface area contributed by atoms with Gasteiger partial charge in [0.2, 0.25) is 0 Å². The van der Waals surface area contributed by atoms with E-state index in [9.17, 15) is 14.6 Å². The van der Waals surface area contributed by atoms with Crippen LogP contribution in [0, 0.1) is 5.82 Å². The minimum Gasteiger partial charge on any atom is -0.490 e. The average molecular weight is 359 g/mol. The van der Waals surface area contributed by atoms with Gasteiger partial charge < -0.3 is 19.8 Å². The van der Waals surface area contributed by atoms with Gasteiger partial charge in [0.15, 0.2) is 0 Å². The van der Waals surface area contributed by atoms with Crippen molar-refractivity contribution in [2.75, 3.05) is 26.2 Å². The van der Waals surface area contributed by atoms with Crippen molar-refractivity contribution in [2.45, 2.75) is 32.0 Å². The Bertz CT molecular complexity index is 716. The first kappa shape index (κ1) is 18.8. The molecule has 2 N–H and O–H groups in total. The highest BCUT2D eigenvalue weighted by atomic mass is 19.1. The molecule has 0 saturated carbocycles. The highest BCUT2D eigenvalue weighted by molar-refractivity contribution is 5.71. The standard InChI is InChI=1S/C21H26FNO3/c22-20-9-8-16(12-17(20)14-24)19-6-2-3-7-21(19)26-15-18(25)13-23-10-4-1-5-11-23/h2-3,6-9,12,18,24-25H,1,4-5,10-11,13-15H2/t18-/m1/s1. The molecule has 0 amide bonds. The Balaban J connectivity index is 1.67. The molecule has 1 aliphatic rings. The summed E-state index contributed by atoms with van der Waals surface area (Å²) < 4.78 is 19.5. The maximum Gasteiger partial charge on any atom is 0.128 e. The van der Waals surface area contributed by atoms with E-state index in [4.69, 9.17) is 4.74 Å². The average Bonchev–Trinajstić information content (AvgIpc) is 2.68. The van der Waals surface area contributed by atoms with Crippen LogP contribution in [0.5, 0.6) is 5.75 Å². The van der Waals surface area contributed by atoms with Crippen LogP contribution in [0.25, 0.3) is 11.1 Å². The van der Waals surface area contributed by atoms with E-state index in [1.807, 2.05) is 24.3 Å². The molecule has 0 unspecified atom stereocenters. The van der Waals surface area contributed by atoms with E-state index in [0.717, 1.165) is 24.2 Å². The quantitative estimate of drug-likeness (QED) is 0.797. The number of hydrogen-bond donors (Lipinski definition) is 2. The van der Waals surface area contributed by atoms with Crippen LogP contribution in [0.1, 0.15) is 24.8 Å². The number of β-amino-alcohol motifs (C(OH)–C–C–N with tert-alkyl or cyclic N) is 1. The lowest BCUT2D eigenvalue weighted by molar-refractivity contribution is 0.0619. The molecule has 2 aromatic rings. The predicted octanol–water partition coefficient (Wildman–Crippen LogP) is 3.21. The second-order valence-corrected chi connectivity index (χ2v) is 6.79. The third-order valence-corrected chi connectivity index (χ3v) is 4.76. The van der Waals surface area contributed by atoms with Crippen LogP contribution < -0.4 is 4.74 Å². The molecule has 0 radical (unpaired) electrons. The summed E-state index contributed by atoms with van der Waals surface area (Å²) in [6.45, 7) is 2.55. The Kier molecular flexibility index (Phi) is 6.61. The number of halogens is 1. The van der Waals surface area contributed by atoms with Gasteiger partial charge in [-0.3, -0.25) is 0 Å². The lowest BCUT2D eigenvalue weighted by Crippen LogP contribution is -2.38. The molecule has 5 heteroatoms. The molecule has 1 saturated heterocycles. The van der Waals surface area contributed by atoms with Gasteiger partial charge in [0.05, 0.1) is 6.61 Å². The van der Waals surface area contributed by atoms with Crippen molar-refractivity contribution < 1.29 is 19.3 Å². The first-order valence-electron chi connectivity index (χ1n) is 9.19. The van der Waals surface area contributed by atoms with Crippen LogP contribution in [-0.4, -0.2) is 47.5 Å². The molecule has 0 spiro atoms. The van der Waals surface area contributed by atoms with Gasteiger partial charge in [-0.05, 0) is 49.7 Å². The van der Waals surface area contributed by atoms with E-state index in [1.54, 1.807) is 12.1 Å². The van der Waals surface area contributed by atoms with Crippen LogP contribution in [0.4, 0.5) is 4.39 Å². The van der Waals surface area contributed by atoms with E-state index in [1.165, 1.54) is 25.3 Å². The number of para-hydroxylation sites is 1. The third kappa shape index (κ3) is 4.81. The molecule has 26 heavy (non-hydrogen) atoms. The molecule has 1 heterocycles. The van der Waals surface area contributed by atoms with Gasteiger partial charge in [0, 0.05) is 17.7 Å². The zero-order valence-electron chi connectivity index (χ0n) is 14.9. The fourth-order valence-electron chi connectivity index (χ4n) is 3.37. The van der Waals surface area contributed by atoms with Gasteiger partial charge in [-0.2, -0.15) is 0 Å². The zero-order valence-corrected chi connectivity index (χ0v) is 14.9. The molecule has 1 aliphatic heterocycles. The summed E-state index contributed by atoms with van der Waals surface area (Å²) in [4.78, 5) is 2.27. The number of piperidine rings is 1. The highest BCUT2D eigenvalue weighted by Gasteiger charge is 2.16. The summed E-state index contributed by atoms with van der Waals surface area (Å²) >= 11 is 0. The minimum atomic E-state index is -0.553. The molecular weight excluding hydrogens is 333 g/mol. The summed E-state index contributed by atoms with van der Waals surface area (Å²) in [5, 5.41) is 19.6. The lowest BCUT2D eigenvalue weighted by atomic mass is 10.0. The van der Waals surface area contributed by atoms with Gasteiger partial charge in [0.25, 0.3) is 0 Å². The van der Waals surface area contributed by atoms with E-state index in [2.05, 4.69) is 4.90 Å². The summed E-state index contributed by atoms with van der Waals surface area (Å²) in [7, 11) is 0. The van der Waals surface area contributed by atoms with Crippen molar-refractivity contribution in [2.24, 2.45) is 0 Å². The fourth-order valence-corrected chi connectivity index (χ4v) is 3.37. The van der Waals surface area contributed by atoms with Gasteiger partial charge in [0.1, 0.15) is 24.3 Å². The van der Waals surface area contributed by atoms with Gasteiger partial charge in [-0.1, -0.05) is 30.7 Å². The number of likely N-dealkylation sites (tertiary alicyclic amines) is 1. The summed E-state index contributed by atoms with van der Waals surface area (Å²) in [6.07, 6.45) is 3.09. The second-order valence-electron chi connectivity index (χ2n) is 6.79. The Hall–Kier alpha value is -1.95. The molecule has 1 fully saturated rings. The fraction of sp³-hybridized carbons (Fsp3) is 0.429. The molecule has 0 aliphatic carbocycles. The number of aliphatic hydroxyl groups is 2. The Morgan fingerprint density at radius 2 is 1.85 bits per heavy atom. The summed E-state index contributed by atoms with van der Waals surface area (Å²) in [5.74, 6) is 0.215. The smallest absolute Gasteiger partial charge is 0.128 e. The summed E-state index contributed by atoms with van der Waals surface area (Å²) in [5.41, 5.74) is 1.84. The number of aliphatic hydroxyl groups excluding tert-OH is 2. The van der Waals surface area contributed by atoms with Crippen LogP contribution in [0.2, 0.25) is 0 Å². The maximum absolute atomic E-state index is 13.6. The summed E-state index contributed by atoms with van der Waals surface area (Å²) in [6, 6.07) is 12.1. The number of benzene rings is 2. The van der Waals surface area contributed by atoms with Gasteiger partial charge in [-0.25, -0.2) is 4.39 Å². The van der Waals surface area contributed by atoms with Gasteiger partial charge in [-0.15, -0.1) is 0 Å². The topological polar surface area (TPSA) is 52.9 Å². The van der Waals surface area contributed by atoms with E-state index < -0.39 is 11.9 Å². The van der Waals surface area contributed by atoms with Crippen molar-refractivity contribution in [3.63, 3.8) is 0 Å². The maximum atomic E-state index is 13.6. The molecule has 4 nitrogen and oxygen atoms in total. The Morgan fingerprint density at radius 1 is 1.08 bits per heavy atom. The van der Waals surface area contributed by atoms with E-state index in [-0.39, 0.29) is 18.8 Å². The molecule has 1 atom stereocenters. The monoisotopic (exact) mass is 359 g/mol. The van der Waals surface area contributed by atoms with Crippen molar-refractivity contribution in [3.05, 3.63) is 53.8 Å². The van der Waals surface area contributed by atoms with Crippen LogP contribution in [0.15, 0.2) is 42.5 Å². The molecule has 0 aromatic heterocycles. The Morgan fingerprint density at radius 3 is 2.62 bits per heavy atom. The molecule has 2 aromatic carbocycles. The zero-order chi connectivity index (χ0) is 18.4. The number of ether oxygens (including phenoxy) is 1. The van der Waals surface area contributed by atoms with E-state index in [0.29, 0.717) is 12.3 Å². The number of rotatable bonds is 7. The van der Waals surface area contributed by atoms with Crippen LogP contribution in [0.3, 0.4) is 0 Å². The third-order valence-electron chi connectivity index (χ3n) is 4.76. The number of nitrogens with zero attached hydrogens (tertiary/aromatic N) is 1. The second kappa shape index (κ2) is 9.12. The number of hydrogen-bond acceptors (Lipinski definition) is 4. The van der Waals surface area contributed by atoms with Crippen molar-refractivity contribution in [1.29, 1.82) is 0 Å². The lowest BCUT2D eigenvalue weighted by Gasteiger charge is -2.28. The van der Waals surface area contributed by atoms with Gasteiger partial charge >= 0.3 is 0 Å². The molecular formula is C21H26FNO3. The predicted molar refractivity (Wildman–Crippen MR) is 99.6 cm³/mol. The van der Waals surface area contributed by atoms with E-state index >= 15 is 0 Å². The van der Waals surface area contributed by atoms with Crippen molar-refractivity contribution in [1.82, 2.24) is 4.90 Å². The van der Waals surface area contributed by atoms with Crippen LogP contribution in [-0.2, 0) is 6.61 Å². The first-order valence-corrected chi connectivity index (χ1v) is 9.19. The molecule has 0 bridgehead atoms. The van der Waals surface area contributed by atoms with Crippen LogP contribution >= 0.6 is 0 Å². The highest BCUT2D eigenvalue weighted by Crippen LogP contribution is 2.31. The Labute approximate surface area is 153 Å². The largest absolute Gasteiger partial charge is 0.490 e. The van der Waals surface area contributed by atoms with Crippen molar-refractivity contribution in [3.8, 4) is 16.9 Å². The molecule has 140 valence electrons. The normalized spacial score (nSPS) is 16.4. The molecule has 3 rings (SSSR count). The SMILES string of the molecule is OCc1cc(-c2ccccc2OC[C@H](O)CN2CCCCC2)ccc1F. The first-order chi connectivity index (χ1) is 12.7. The minimum absolute atomic E-state index is 0.210.